The Labute approximate surface area is 115 Å². The van der Waals surface area contributed by atoms with Crippen LogP contribution in [0.2, 0.25) is 0 Å². The summed E-state index contributed by atoms with van der Waals surface area (Å²) in [7, 11) is 1.61. The van der Waals surface area contributed by atoms with Crippen LogP contribution in [0.4, 0.5) is 5.69 Å². The Bertz CT molecular complexity index is 456. The molecule has 1 atom stereocenters. The molecule has 0 aliphatic carbocycles. The molecule has 18 heavy (non-hydrogen) atoms. The molecule has 4 nitrogen and oxygen atoms in total. The van der Waals surface area contributed by atoms with E-state index in [-0.39, 0.29) is 11.3 Å². The van der Waals surface area contributed by atoms with Crippen LogP contribution in [0.25, 0.3) is 0 Å². The fourth-order valence-electron chi connectivity index (χ4n) is 2.05. The SMILES string of the molecule is COc1cc(Br)cc(NC(=O)C2(C)CCNC2)c1. The molecule has 1 amide bonds. The maximum absolute atomic E-state index is 12.2. The second kappa shape index (κ2) is 5.28. The van der Waals surface area contributed by atoms with E-state index in [1.165, 1.54) is 0 Å². The zero-order chi connectivity index (χ0) is 13.2. The highest BCUT2D eigenvalue weighted by atomic mass is 79.9. The largest absolute Gasteiger partial charge is 0.497 e. The molecule has 1 fully saturated rings. The molecule has 2 rings (SSSR count). The average Bonchev–Trinajstić information content (AvgIpc) is 2.76. The van der Waals surface area contributed by atoms with Gasteiger partial charge in [-0.2, -0.15) is 0 Å². The summed E-state index contributed by atoms with van der Waals surface area (Å²) >= 11 is 3.40. The van der Waals surface area contributed by atoms with Gasteiger partial charge in [0.2, 0.25) is 5.91 Å². The molecular formula is C13H17BrN2O2. The van der Waals surface area contributed by atoms with Crippen molar-refractivity contribution in [3.8, 4) is 5.75 Å². The highest BCUT2D eigenvalue weighted by molar-refractivity contribution is 9.10. The monoisotopic (exact) mass is 312 g/mol. The van der Waals surface area contributed by atoms with E-state index in [4.69, 9.17) is 4.74 Å². The number of carbonyl (C=O) groups is 1. The lowest BCUT2D eigenvalue weighted by molar-refractivity contribution is -0.123. The van der Waals surface area contributed by atoms with Gasteiger partial charge in [-0.1, -0.05) is 15.9 Å². The summed E-state index contributed by atoms with van der Waals surface area (Å²) < 4.78 is 6.06. The fourth-order valence-corrected chi connectivity index (χ4v) is 2.52. The van der Waals surface area contributed by atoms with E-state index in [0.29, 0.717) is 0 Å². The number of anilines is 1. The molecule has 1 aliphatic heterocycles. The Hall–Kier alpha value is -1.07. The Morgan fingerprint density at radius 1 is 1.50 bits per heavy atom. The molecule has 0 saturated carbocycles. The van der Waals surface area contributed by atoms with E-state index < -0.39 is 0 Å². The van der Waals surface area contributed by atoms with Gasteiger partial charge in [-0.05, 0) is 32.0 Å². The molecule has 1 saturated heterocycles. The predicted octanol–water partition coefficient (Wildman–Crippen LogP) is 2.40. The van der Waals surface area contributed by atoms with E-state index in [1.54, 1.807) is 7.11 Å². The molecule has 5 heteroatoms. The number of nitrogens with one attached hydrogen (secondary N) is 2. The van der Waals surface area contributed by atoms with Crippen LogP contribution in [0, 0.1) is 5.41 Å². The molecule has 2 N–H and O–H groups in total. The number of ether oxygens (including phenoxy) is 1. The highest BCUT2D eigenvalue weighted by Gasteiger charge is 2.36. The molecule has 1 aromatic carbocycles. The van der Waals surface area contributed by atoms with Crippen molar-refractivity contribution < 1.29 is 9.53 Å². The lowest BCUT2D eigenvalue weighted by Crippen LogP contribution is -2.35. The molecule has 1 unspecified atom stereocenters. The third kappa shape index (κ3) is 2.84. The topological polar surface area (TPSA) is 50.4 Å². The van der Waals surface area contributed by atoms with E-state index in [0.717, 1.165) is 35.4 Å². The second-order valence-electron chi connectivity index (χ2n) is 4.82. The minimum Gasteiger partial charge on any atom is -0.497 e. The molecule has 1 heterocycles. The number of benzene rings is 1. The van der Waals surface area contributed by atoms with Crippen molar-refractivity contribution in [3.63, 3.8) is 0 Å². The average molecular weight is 313 g/mol. The van der Waals surface area contributed by atoms with Crippen LogP contribution >= 0.6 is 15.9 Å². The Morgan fingerprint density at radius 2 is 2.28 bits per heavy atom. The van der Waals surface area contributed by atoms with Gasteiger partial charge < -0.3 is 15.4 Å². The maximum Gasteiger partial charge on any atom is 0.231 e. The van der Waals surface area contributed by atoms with Crippen molar-refractivity contribution in [2.24, 2.45) is 5.41 Å². The number of hydrogen-bond donors (Lipinski definition) is 2. The third-order valence-electron chi connectivity index (χ3n) is 3.28. The van der Waals surface area contributed by atoms with Crippen molar-refractivity contribution in [1.82, 2.24) is 5.32 Å². The number of methoxy groups -OCH3 is 1. The van der Waals surface area contributed by atoms with Crippen LogP contribution < -0.4 is 15.4 Å². The van der Waals surface area contributed by atoms with Gasteiger partial charge >= 0.3 is 0 Å². The summed E-state index contributed by atoms with van der Waals surface area (Å²) in [4.78, 5) is 12.2. The van der Waals surface area contributed by atoms with Gasteiger partial charge in [0, 0.05) is 22.8 Å². The lowest BCUT2D eigenvalue weighted by atomic mass is 9.89. The van der Waals surface area contributed by atoms with Crippen LogP contribution in [0.5, 0.6) is 5.75 Å². The molecule has 0 radical (unpaired) electrons. The van der Waals surface area contributed by atoms with Gasteiger partial charge in [0.1, 0.15) is 5.75 Å². The minimum atomic E-state index is -0.324. The molecule has 0 aromatic heterocycles. The smallest absolute Gasteiger partial charge is 0.231 e. The minimum absolute atomic E-state index is 0.0488. The van der Waals surface area contributed by atoms with Crippen LogP contribution in [0.1, 0.15) is 13.3 Å². The molecule has 1 aliphatic rings. The van der Waals surface area contributed by atoms with Crippen LogP contribution in [-0.4, -0.2) is 26.1 Å². The van der Waals surface area contributed by atoms with Crippen molar-refractivity contribution in [3.05, 3.63) is 22.7 Å². The van der Waals surface area contributed by atoms with Gasteiger partial charge in [-0.15, -0.1) is 0 Å². The molecule has 1 aromatic rings. The number of amides is 1. The van der Waals surface area contributed by atoms with Gasteiger partial charge in [0.05, 0.1) is 12.5 Å². The summed E-state index contributed by atoms with van der Waals surface area (Å²) in [6.45, 7) is 3.60. The van der Waals surface area contributed by atoms with Crippen molar-refractivity contribution in [1.29, 1.82) is 0 Å². The van der Waals surface area contributed by atoms with Crippen molar-refractivity contribution in [2.45, 2.75) is 13.3 Å². The summed E-state index contributed by atoms with van der Waals surface area (Å²) in [6.07, 6.45) is 0.865. The normalized spacial score (nSPS) is 22.8. The fraction of sp³-hybridized carbons (Fsp3) is 0.462. The van der Waals surface area contributed by atoms with E-state index >= 15 is 0 Å². The summed E-state index contributed by atoms with van der Waals surface area (Å²) in [5.74, 6) is 0.766. The zero-order valence-corrected chi connectivity index (χ0v) is 12.1. The number of halogens is 1. The lowest BCUT2D eigenvalue weighted by Gasteiger charge is -2.21. The van der Waals surface area contributed by atoms with E-state index in [9.17, 15) is 4.79 Å². The van der Waals surface area contributed by atoms with E-state index in [2.05, 4.69) is 26.6 Å². The van der Waals surface area contributed by atoms with Crippen LogP contribution in [-0.2, 0) is 4.79 Å². The predicted molar refractivity (Wildman–Crippen MR) is 74.9 cm³/mol. The van der Waals surface area contributed by atoms with Gasteiger partial charge in [0.15, 0.2) is 0 Å². The summed E-state index contributed by atoms with van der Waals surface area (Å²) in [6, 6.07) is 5.54. The van der Waals surface area contributed by atoms with Gasteiger partial charge in [0.25, 0.3) is 0 Å². The first-order chi connectivity index (χ1) is 8.53. The highest BCUT2D eigenvalue weighted by Crippen LogP contribution is 2.29. The Morgan fingerprint density at radius 3 is 2.89 bits per heavy atom. The second-order valence-corrected chi connectivity index (χ2v) is 5.74. The van der Waals surface area contributed by atoms with Gasteiger partial charge in [-0.25, -0.2) is 0 Å². The first-order valence-corrected chi connectivity index (χ1v) is 6.69. The van der Waals surface area contributed by atoms with Crippen molar-refractivity contribution in [2.75, 3.05) is 25.5 Å². The summed E-state index contributed by atoms with van der Waals surface area (Å²) in [5.41, 5.74) is 0.426. The molecule has 0 bridgehead atoms. The number of carbonyl (C=O) groups excluding carboxylic acids is 1. The quantitative estimate of drug-likeness (QED) is 0.901. The standard InChI is InChI=1S/C13H17BrN2O2/c1-13(3-4-15-8-13)12(17)16-10-5-9(14)6-11(7-10)18-2/h5-7,15H,3-4,8H2,1-2H3,(H,16,17). The molecular weight excluding hydrogens is 296 g/mol. The van der Waals surface area contributed by atoms with Crippen LogP contribution in [0.3, 0.4) is 0 Å². The van der Waals surface area contributed by atoms with Gasteiger partial charge in [-0.3, -0.25) is 4.79 Å². The first-order valence-electron chi connectivity index (χ1n) is 5.90. The van der Waals surface area contributed by atoms with Crippen LogP contribution in [0.15, 0.2) is 22.7 Å². The molecule has 98 valence electrons. The number of hydrogen-bond acceptors (Lipinski definition) is 3. The number of rotatable bonds is 3. The Balaban J connectivity index is 2.13. The van der Waals surface area contributed by atoms with Crippen molar-refractivity contribution >= 4 is 27.5 Å². The zero-order valence-electron chi connectivity index (χ0n) is 10.5. The summed E-state index contributed by atoms with van der Waals surface area (Å²) in [5, 5.41) is 6.17. The third-order valence-corrected chi connectivity index (χ3v) is 3.74. The maximum atomic E-state index is 12.2. The molecule has 0 spiro atoms. The Kier molecular flexibility index (Phi) is 3.92. The first kappa shape index (κ1) is 13.4. The van der Waals surface area contributed by atoms with E-state index in [1.807, 2.05) is 25.1 Å².